The van der Waals surface area contributed by atoms with Crippen molar-refractivity contribution in [3.8, 4) is 0 Å². The van der Waals surface area contributed by atoms with Crippen LogP contribution >= 0.6 is 0 Å². The third-order valence-corrected chi connectivity index (χ3v) is 4.49. The summed E-state index contributed by atoms with van der Waals surface area (Å²) in [6.45, 7) is 5.45. The van der Waals surface area contributed by atoms with Gasteiger partial charge in [0, 0.05) is 25.2 Å². The van der Waals surface area contributed by atoms with Gasteiger partial charge in [-0.25, -0.2) is 0 Å². The van der Waals surface area contributed by atoms with Crippen molar-refractivity contribution in [3.05, 3.63) is 34.9 Å². The Morgan fingerprint density at radius 1 is 1.24 bits per heavy atom. The molecule has 1 aromatic carbocycles. The normalized spacial score (nSPS) is 13.8. The van der Waals surface area contributed by atoms with Gasteiger partial charge in [0.2, 0.25) is 0 Å². The number of carboxylic acid groups (broad SMARTS) is 1. The predicted octanol–water partition coefficient (Wildman–Crippen LogP) is 1.91. The van der Waals surface area contributed by atoms with Crippen molar-refractivity contribution in [1.82, 2.24) is 10.6 Å². The fourth-order valence-corrected chi connectivity index (χ4v) is 2.67. The van der Waals surface area contributed by atoms with Gasteiger partial charge < -0.3 is 15.7 Å². The molecule has 1 aromatic rings. The summed E-state index contributed by atoms with van der Waals surface area (Å²) in [4.78, 5) is 23.6. The molecule has 21 heavy (non-hydrogen) atoms. The van der Waals surface area contributed by atoms with E-state index < -0.39 is 11.4 Å². The number of aliphatic carboxylic acids is 1. The number of rotatable bonds is 6. The number of benzene rings is 1. The van der Waals surface area contributed by atoms with E-state index in [0.717, 1.165) is 18.7 Å². The number of amides is 1. The molecule has 0 unspecified atom stereocenters. The van der Waals surface area contributed by atoms with Gasteiger partial charge in [0.25, 0.3) is 5.91 Å². The van der Waals surface area contributed by atoms with E-state index in [4.69, 9.17) is 0 Å². The second-order valence-electron chi connectivity index (χ2n) is 5.56. The van der Waals surface area contributed by atoms with E-state index in [9.17, 15) is 14.7 Å². The Bertz CT molecular complexity index is 550. The zero-order valence-corrected chi connectivity index (χ0v) is 12.5. The highest BCUT2D eigenvalue weighted by Crippen LogP contribution is 2.26. The summed E-state index contributed by atoms with van der Waals surface area (Å²) in [6, 6.07) is 5.63. The van der Waals surface area contributed by atoms with Gasteiger partial charge in [-0.05, 0) is 36.1 Å². The standard InChI is InChI=1S/C16H22N2O3/c1-3-16(4-2,15(20)21)10-18-14(19)11-5-6-12-8-17-9-13(12)7-11/h5-7,17H,3-4,8-10H2,1-2H3,(H,18,19)(H,20,21). The highest BCUT2D eigenvalue weighted by Gasteiger charge is 2.35. The molecular formula is C16H22N2O3. The smallest absolute Gasteiger partial charge is 0.311 e. The third kappa shape index (κ3) is 3.08. The summed E-state index contributed by atoms with van der Waals surface area (Å²) in [6.07, 6.45) is 0.987. The Balaban J connectivity index is 2.06. The summed E-state index contributed by atoms with van der Waals surface area (Å²) in [7, 11) is 0. The summed E-state index contributed by atoms with van der Waals surface area (Å²) in [5, 5.41) is 15.4. The van der Waals surface area contributed by atoms with Gasteiger partial charge in [-0.1, -0.05) is 19.9 Å². The molecule has 0 bridgehead atoms. The van der Waals surface area contributed by atoms with Crippen molar-refractivity contribution in [2.24, 2.45) is 5.41 Å². The van der Waals surface area contributed by atoms with Crippen LogP contribution in [0.15, 0.2) is 18.2 Å². The van der Waals surface area contributed by atoms with Gasteiger partial charge in [0.1, 0.15) is 0 Å². The molecule has 0 aliphatic carbocycles. The average molecular weight is 290 g/mol. The number of carboxylic acids is 1. The quantitative estimate of drug-likeness (QED) is 0.748. The summed E-state index contributed by atoms with van der Waals surface area (Å²) < 4.78 is 0. The van der Waals surface area contributed by atoms with Gasteiger partial charge in [0.15, 0.2) is 0 Å². The van der Waals surface area contributed by atoms with Crippen LogP contribution in [0.25, 0.3) is 0 Å². The van der Waals surface area contributed by atoms with E-state index in [1.54, 1.807) is 6.07 Å². The summed E-state index contributed by atoms with van der Waals surface area (Å²) in [5.74, 6) is -1.07. The van der Waals surface area contributed by atoms with Crippen molar-refractivity contribution in [2.45, 2.75) is 39.8 Å². The molecular weight excluding hydrogens is 268 g/mol. The van der Waals surface area contributed by atoms with Crippen LogP contribution in [0.1, 0.15) is 48.2 Å². The van der Waals surface area contributed by atoms with Crippen LogP contribution < -0.4 is 10.6 Å². The summed E-state index contributed by atoms with van der Waals surface area (Å²) >= 11 is 0. The first-order valence-corrected chi connectivity index (χ1v) is 7.36. The maximum Gasteiger partial charge on any atom is 0.311 e. The van der Waals surface area contributed by atoms with Crippen LogP contribution in [0.2, 0.25) is 0 Å². The lowest BCUT2D eigenvalue weighted by Crippen LogP contribution is -2.42. The van der Waals surface area contributed by atoms with Gasteiger partial charge in [0.05, 0.1) is 5.41 Å². The number of carbonyl (C=O) groups is 2. The minimum absolute atomic E-state index is 0.156. The van der Waals surface area contributed by atoms with E-state index in [1.165, 1.54) is 5.56 Å². The van der Waals surface area contributed by atoms with Crippen molar-refractivity contribution in [3.63, 3.8) is 0 Å². The molecule has 5 heteroatoms. The molecule has 1 heterocycles. The lowest BCUT2D eigenvalue weighted by Gasteiger charge is -2.26. The number of hydrogen-bond acceptors (Lipinski definition) is 3. The number of fused-ring (bicyclic) bond motifs is 1. The first-order valence-electron chi connectivity index (χ1n) is 7.36. The van der Waals surface area contributed by atoms with Crippen LogP contribution in [0, 0.1) is 5.41 Å². The van der Waals surface area contributed by atoms with Gasteiger partial charge in [-0.2, -0.15) is 0 Å². The Hall–Kier alpha value is -1.88. The number of hydrogen-bond donors (Lipinski definition) is 3. The molecule has 0 saturated heterocycles. The average Bonchev–Trinajstić information content (AvgIpc) is 2.95. The molecule has 0 aromatic heterocycles. The minimum Gasteiger partial charge on any atom is -0.481 e. The molecule has 0 fully saturated rings. The fraction of sp³-hybridized carbons (Fsp3) is 0.500. The first kappa shape index (κ1) is 15.5. The Labute approximate surface area is 124 Å². The van der Waals surface area contributed by atoms with Gasteiger partial charge in [-0.3, -0.25) is 9.59 Å². The molecule has 1 amide bonds. The topological polar surface area (TPSA) is 78.4 Å². The highest BCUT2D eigenvalue weighted by molar-refractivity contribution is 5.94. The highest BCUT2D eigenvalue weighted by atomic mass is 16.4. The second kappa shape index (κ2) is 6.26. The maximum atomic E-state index is 12.2. The number of carbonyl (C=O) groups excluding carboxylic acids is 1. The summed E-state index contributed by atoms with van der Waals surface area (Å²) in [5.41, 5.74) is 2.06. The van der Waals surface area contributed by atoms with Crippen molar-refractivity contribution >= 4 is 11.9 Å². The Kier molecular flexibility index (Phi) is 4.63. The zero-order chi connectivity index (χ0) is 15.5. The maximum absolute atomic E-state index is 12.2. The minimum atomic E-state index is -0.881. The van der Waals surface area contributed by atoms with Gasteiger partial charge >= 0.3 is 5.97 Å². The lowest BCUT2D eigenvalue weighted by molar-refractivity contribution is -0.149. The largest absolute Gasteiger partial charge is 0.481 e. The second-order valence-corrected chi connectivity index (χ2v) is 5.56. The molecule has 5 nitrogen and oxygen atoms in total. The molecule has 114 valence electrons. The predicted molar refractivity (Wildman–Crippen MR) is 80.0 cm³/mol. The molecule has 0 atom stereocenters. The van der Waals surface area contributed by atoms with Gasteiger partial charge in [-0.15, -0.1) is 0 Å². The molecule has 2 rings (SSSR count). The van der Waals surface area contributed by atoms with E-state index >= 15 is 0 Å². The van der Waals surface area contributed by atoms with Crippen molar-refractivity contribution in [2.75, 3.05) is 6.54 Å². The van der Waals surface area contributed by atoms with Crippen LogP contribution in [-0.2, 0) is 17.9 Å². The Morgan fingerprint density at radius 3 is 2.52 bits per heavy atom. The first-order chi connectivity index (χ1) is 10.0. The van der Waals surface area contributed by atoms with Crippen molar-refractivity contribution < 1.29 is 14.7 Å². The molecule has 1 aliphatic rings. The van der Waals surface area contributed by atoms with E-state index in [2.05, 4.69) is 10.6 Å². The van der Waals surface area contributed by atoms with E-state index in [1.807, 2.05) is 26.0 Å². The van der Waals surface area contributed by atoms with Crippen LogP contribution in [-0.4, -0.2) is 23.5 Å². The molecule has 0 radical (unpaired) electrons. The monoisotopic (exact) mass is 290 g/mol. The van der Waals surface area contributed by atoms with E-state index in [-0.39, 0.29) is 12.5 Å². The fourth-order valence-electron chi connectivity index (χ4n) is 2.67. The third-order valence-electron chi connectivity index (χ3n) is 4.49. The lowest BCUT2D eigenvalue weighted by atomic mass is 9.82. The number of nitrogens with one attached hydrogen (secondary N) is 2. The van der Waals surface area contributed by atoms with Crippen LogP contribution in [0.3, 0.4) is 0 Å². The zero-order valence-electron chi connectivity index (χ0n) is 12.5. The molecule has 0 saturated carbocycles. The molecule has 0 spiro atoms. The molecule has 1 aliphatic heterocycles. The molecule has 3 N–H and O–H groups in total. The SMILES string of the molecule is CCC(CC)(CNC(=O)c1ccc2c(c1)CNC2)C(=O)O. The Morgan fingerprint density at radius 2 is 1.90 bits per heavy atom. The van der Waals surface area contributed by atoms with E-state index in [0.29, 0.717) is 18.4 Å². The van der Waals surface area contributed by atoms with Crippen LogP contribution in [0.5, 0.6) is 0 Å². The van der Waals surface area contributed by atoms with Crippen molar-refractivity contribution in [1.29, 1.82) is 0 Å². The van der Waals surface area contributed by atoms with Crippen LogP contribution in [0.4, 0.5) is 0 Å².